The highest BCUT2D eigenvalue weighted by atomic mass is 19.1. The van der Waals surface area contributed by atoms with Gasteiger partial charge in [0, 0.05) is 29.7 Å². The van der Waals surface area contributed by atoms with Crippen molar-refractivity contribution >= 4 is 11.9 Å². The van der Waals surface area contributed by atoms with Gasteiger partial charge in [-0.15, -0.1) is 0 Å². The number of carbonyl (C=O) groups is 2. The smallest absolute Gasteiger partial charge is 0.335 e. The standard InChI is InChI=1S/C21H19FO4/c1-4-20(23)26-17-9-10-18(19(22)13-17)16-7-5-15(6-8-16)11-12-25-21(24)14(2)3/h4-10,13H,1-2,11-12H2,3H3. The van der Waals surface area contributed by atoms with Crippen LogP contribution in [0.15, 0.2) is 67.3 Å². The average molecular weight is 354 g/mol. The molecule has 4 nitrogen and oxygen atoms in total. The molecule has 0 radical (unpaired) electrons. The van der Waals surface area contributed by atoms with Crippen LogP contribution in [0.25, 0.3) is 11.1 Å². The topological polar surface area (TPSA) is 52.6 Å². The van der Waals surface area contributed by atoms with Crippen molar-refractivity contribution < 1.29 is 23.5 Å². The van der Waals surface area contributed by atoms with Gasteiger partial charge in [0.05, 0.1) is 6.61 Å². The van der Waals surface area contributed by atoms with Crippen LogP contribution < -0.4 is 4.74 Å². The van der Waals surface area contributed by atoms with Crippen LogP contribution in [0.5, 0.6) is 5.75 Å². The van der Waals surface area contributed by atoms with Gasteiger partial charge in [0.2, 0.25) is 0 Å². The molecule has 26 heavy (non-hydrogen) atoms. The minimum atomic E-state index is -0.645. The molecule has 0 N–H and O–H groups in total. The Morgan fingerprint density at radius 3 is 2.42 bits per heavy atom. The lowest BCUT2D eigenvalue weighted by Crippen LogP contribution is -2.07. The third kappa shape index (κ3) is 5.14. The molecule has 134 valence electrons. The Bertz CT molecular complexity index is 838. The van der Waals surface area contributed by atoms with E-state index in [0.717, 1.165) is 17.7 Å². The molecule has 0 fully saturated rings. The van der Waals surface area contributed by atoms with Gasteiger partial charge in [0.15, 0.2) is 0 Å². The second-order valence-corrected chi connectivity index (χ2v) is 5.63. The summed E-state index contributed by atoms with van der Waals surface area (Å²) in [5.41, 5.74) is 2.40. The molecule has 0 atom stereocenters. The molecule has 0 bridgehead atoms. The summed E-state index contributed by atoms with van der Waals surface area (Å²) in [5, 5.41) is 0. The van der Waals surface area contributed by atoms with E-state index >= 15 is 0 Å². The first-order valence-electron chi connectivity index (χ1n) is 7.96. The highest BCUT2D eigenvalue weighted by molar-refractivity contribution is 5.86. The number of esters is 2. The van der Waals surface area contributed by atoms with E-state index in [2.05, 4.69) is 13.2 Å². The second kappa shape index (κ2) is 8.76. The maximum absolute atomic E-state index is 14.3. The van der Waals surface area contributed by atoms with Crippen LogP contribution in [0.1, 0.15) is 12.5 Å². The zero-order chi connectivity index (χ0) is 19.1. The molecule has 2 aromatic rings. The number of carbonyl (C=O) groups excluding carboxylic acids is 2. The van der Waals surface area contributed by atoms with Crippen molar-refractivity contribution in [3.63, 3.8) is 0 Å². The van der Waals surface area contributed by atoms with Crippen LogP contribution in [0.2, 0.25) is 0 Å². The van der Waals surface area contributed by atoms with E-state index in [0.29, 0.717) is 23.1 Å². The van der Waals surface area contributed by atoms with Crippen molar-refractivity contribution in [2.75, 3.05) is 6.61 Å². The molecule has 0 spiro atoms. The third-order valence-electron chi connectivity index (χ3n) is 3.56. The maximum atomic E-state index is 14.3. The summed E-state index contributed by atoms with van der Waals surface area (Å²) in [6.45, 7) is 8.66. The predicted molar refractivity (Wildman–Crippen MR) is 97.1 cm³/mol. The van der Waals surface area contributed by atoms with Crippen molar-refractivity contribution in [3.05, 3.63) is 78.7 Å². The number of hydrogen-bond acceptors (Lipinski definition) is 4. The molecule has 0 unspecified atom stereocenters. The summed E-state index contributed by atoms with van der Waals surface area (Å²) in [5.74, 6) is -1.44. The van der Waals surface area contributed by atoms with Crippen LogP contribution in [0, 0.1) is 5.82 Å². The first-order valence-corrected chi connectivity index (χ1v) is 7.96. The van der Waals surface area contributed by atoms with E-state index in [4.69, 9.17) is 9.47 Å². The summed E-state index contributed by atoms with van der Waals surface area (Å²) in [7, 11) is 0. The number of benzene rings is 2. The second-order valence-electron chi connectivity index (χ2n) is 5.63. The SMILES string of the molecule is C=CC(=O)Oc1ccc(-c2ccc(CCOC(=O)C(=C)C)cc2)c(F)c1. The Hall–Kier alpha value is -3.21. The van der Waals surface area contributed by atoms with Gasteiger partial charge < -0.3 is 9.47 Å². The number of rotatable bonds is 7. The molecule has 0 amide bonds. The van der Waals surface area contributed by atoms with Crippen molar-refractivity contribution in [2.24, 2.45) is 0 Å². The van der Waals surface area contributed by atoms with Gasteiger partial charge in [-0.2, -0.15) is 0 Å². The number of hydrogen-bond donors (Lipinski definition) is 0. The van der Waals surface area contributed by atoms with Crippen LogP contribution in [0.3, 0.4) is 0 Å². The Balaban J connectivity index is 2.03. The Kier molecular flexibility index (Phi) is 6.44. The third-order valence-corrected chi connectivity index (χ3v) is 3.56. The zero-order valence-corrected chi connectivity index (χ0v) is 14.5. The van der Waals surface area contributed by atoms with E-state index in [9.17, 15) is 14.0 Å². The molecular weight excluding hydrogens is 335 g/mol. The van der Waals surface area contributed by atoms with Gasteiger partial charge in [0.1, 0.15) is 11.6 Å². The molecule has 0 saturated carbocycles. The first kappa shape index (κ1) is 19.1. The van der Waals surface area contributed by atoms with Crippen LogP contribution in [-0.2, 0) is 20.7 Å². The summed E-state index contributed by atoms with van der Waals surface area (Å²) in [6.07, 6.45) is 1.57. The van der Waals surface area contributed by atoms with Gasteiger partial charge in [-0.3, -0.25) is 0 Å². The molecule has 0 aliphatic heterocycles. The monoisotopic (exact) mass is 354 g/mol. The molecule has 5 heteroatoms. The Morgan fingerprint density at radius 2 is 1.85 bits per heavy atom. The van der Waals surface area contributed by atoms with Gasteiger partial charge in [-0.1, -0.05) is 37.4 Å². The van der Waals surface area contributed by atoms with Crippen molar-refractivity contribution in [1.29, 1.82) is 0 Å². The molecule has 0 aliphatic carbocycles. The molecule has 0 heterocycles. The van der Waals surface area contributed by atoms with Crippen LogP contribution in [0.4, 0.5) is 4.39 Å². The fourth-order valence-electron chi connectivity index (χ4n) is 2.19. The van der Waals surface area contributed by atoms with E-state index in [-0.39, 0.29) is 12.4 Å². The van der Waals surface area contributed by atoms with E-state index < -0.39 is 17.8 Å². The fourth-order valence-corrected chi connectivity index (χ4v) is 2.19. The minimum absolute atomic E-state index is 0.118. The first-order chi connectivity index (χ1) is 12.4. The molecular formula is C21H19FO4. The van der Waals surface area contributed by atoms with E-state index in [1.807, 2.05) is 12.1 Å². The fraction of sp³-hybridized carbons (Fsp3) is 0.143. The van der Waals surface area contributed by atoms with Crippen molar-refractivity contribution in [1.82, 2.24) is 0 Å². The molecule has 0 aliphatic rings. The van der Waals surface area contributed by atoms with E-state index in [1.165, 1.54) is 6.07 Å². The predicted octanol–water partition coefficient (Wildman–Crippen LogP) is 4.25. The molecule has 2 aromatic carbocycles. The van der Waals surface area contributed by atoms with Crippen molar-refractivity contribution in [3.8, 4) is 16.9 Å². The van der Waals surface area contributed by atoms with Gasteiger partial charge in [0.25, 0.3) is 0 Å². The van der Waals surface area contributed by atoms with Gasteiger partial charge >= 0.3 is 11.9 Å². The summed E-state index contributed by atoms with van der Waals surface area (Å²) in [6, 6.07) is 11.5. The lowest BCUT2D eigenvalue weighted by atomic mass is 10.0. The highest BCUT2D eigenvalue weighted by Gasteiger charge is 2.09. The normalized spacial score (nSPS) is 10.1. The largest absolute Gasteiger partial charge is 0.462 e. The highest BCUT2D eigenvalue weighted by Crippen LogP contribution is 2.26. The van der Waals surface area contributed by atoms with Gasteiger partial charge in [-0.25, -0.2) is 14.0 Å². The maximum Gasteiger partial charge on any atom is 0.335 e. The lowest BCUT2D eigenvalue weighted by Gasteiger charge is -2.08. The molecule has 0 aromatic heterocycles. The quantitative estimate of drug-likeness (QED) is 0.424. The average Bonchev–Trinajstić information content (AvgIpc) is 2.62. The van der Waals surface area contributed by atoms with Crippen LogP contribution >= 0.6 is 0 Å². The van der Waals surface area contributed by atoms with E-state index in [1.54, 1.807) is 25.1 Å². The summed E-state index contributed by atoms with van der Waals surface area (Å²) >= 11 is 0. The molecule has 2 rings (SSSR count). The summed E-state index contributed by atoms with van der Waals surface area (Å²) in [4.78, 5) is 22.5. The Morgan fingerprint density at radius 1 is 1.15 bits per heavy atom. The van der Waals surface area contributed by atoms with Crippen LogP contribution in [-0.4, -0.2) is 18.5 Å². The van der Waals surface area contributed by atoms with Crippen molar-refractivity contribution in [2.45, 2.75) is 13.3 Å². The summed E-state index contributed by atoms with van der Waals surface area (Å²) < 4.78 is 24.2. The van der Waals surface area contributed by atoms with Gasteiger partial charge in [-0.05, 0) is 30.2 Å². The Labute approximate surface area is 151 Å². The lowest BCUT2D eigenvalue weighted by molar-refractivity contribution is -0.138. The number of ether oxygens (including phenoxy) is 2. The molecule has 0 saturated heterocycles. The number of halogens is 1. The zero-order valence-electron chi connectivity index (χ0n) is 14.5. The minimum Gasteiger partial charge on any atom is -0.462 e.